The fourth-order valence-corrected chi connectivity index (χ4v) is 2.37. The molecule has 70 valence electrons. The second-order valence-electron chi connectivity index (χ2n) is 3.76. The van der Waals surface area contributed by atoms with E-state index >= 15 is 0 Å². The number of aryl methyl sites for hydroxylation is 2. The van der Waals surface area contributed by atoms with E-state index in [2.05, 4.69) is 35.8 Å². The molecule has 14 heavy (non-hydrogen) atoms. The van der Waals surface area contributed by atoms with Crippen LogP contribution in [0.25, 0.3) is 10.8 Å². The largest absolute Gasteiger partial charge is 0.324 e. The van der Waals surface area contributed by atoms with Gasteiger partial charge in [0.2, 0.25) is 0 Å². The lowest BCUT2D eigenvalue weighted by atomic mass is 10.0. The molecule has 0 unspecified atom stereocenters. The van der Waals surface area contributed by atoms with Gasteiger partial charge in [0.05, 0.1) is 5.69 Å². The highest BCUT2D eigenvalue weighted by Gasteiger charge is 2.14. The van der Waals surface area contributed by atoms with E-state index in [-0.39, 0.29) is 0 Å². The van der Waals surface area contributed by atoms with E-state index < -0.39 is 0 Å². The molecule has 3 rings (SSSR count). The van der Waals surface area contributed by atoms with Crippen LogP contribution in [0, 0.1) is 0 Å². The van der Waals surface area contributed by atoms with Crippen molar-refractivity contribution in [3.8, 4) is 0 Å². The van der Waals surface area contributed by atoms with Crippen molar-refractivity contribution in [2.24, 2.45) is 5.84 Å². The van der Waals surface area contributed by atoms with Crippen molar-refractivity contribution in [1.82, 2.24) is 0 Å². The predicted molar refractivity (Wildman–Crippen MR) is 59.2 cm³/mol. The SMILES string of the molecule is NNc1ccc2c3c(cccc13)CC2. The van der Waals surface area contributed by atoms with Gasteiger partial charge in [-0.25, -0.2) is 0 Å². The van der Waals surface area contributed by atoms with Gasteiger partial charge in [-0.1, -0.05) is 24.3 Å². The fourth-order valence-electron chi connectivity index (χ4n) is 2.37. The Balaban J connectivity index is 2.48. The van der Waals surface area contributed by atoms with Gasteiger partial charge in [-0.3, -0.25) is 5.84 Å². The molecule has 2 heteroatoms. The first-order valence-corrected chi connectivity index (χ1v) is 4.90. The van der Waals surface area contributed by atoms with Gasteiger partial charge in [0.15, 0.2) is 0 Å². The predicted octanol–water partition coefficient (Wildman–Crippen LogP) is 2.22. The molecule has 0 fully saturated rings. The van der Waals surface area contributed by atoms with Crippen LogP contribution in [0.1, 0.15) is 11.1 Å². The molecule has 0 saturated carbocycles. The Bertz CT molecular complexity index is 493. The number of nitrogens with two attached hydrogens (primary N) is 1. The third-order valence-corrected chi connectivity index (χ3v) is 3.03. The van der Waals surface area contributed by atoms with Crippen LogP contribution in [0.3, 0.4) is 0 Å². The summed E-state index contributed by atoms with van der Waals surface area (Å²) in [6, 6.07) is 10.7. The standard InChI is InChI=1S/C12H12N2/c13-14-11-7-6-9-5-4-8-2-1-3-10(11)12(8)9/h1-3,6-7,14H,4-5,13H2. The summed E-state index contributed by atoms with van der Waals surface area (Å²) in [5.74, 6) is 5.49. The molecule has 0 atom stereocenters. The van der Waals surface area contributed by atoms with Crippen molar-refractivity contribution in [1.29, 1.82) is 0 Å². The van der Waals surface area contributed by atoms with Crippen molar-refractivity contribution in [3.05, 3.63) is 41.5 Å². The summed E-state index contributed by atoms with van der Waals surface area (Å²) in [6.07, 6.45) is 2.33. The molecule has 0 radical (unpaired) electrons. The number of nitrogen functional groups attached to an aromatic ring is 1. The zero-order valence-corrected chi connectivity index (χ0v) is 7.88. The average molecular weight is 184 g/mol. The molecule has 1 aliphatic rings. The third kappa shape index (κ3) is 0.888. The molecule has 2 aromatic carbocycles. The van der Waals surface area contributed by atoms with Crippen molar-refractivity contribution in [2.75, 3.05) is 5.43 Å². The van der Waals surface area contributed by atoms with Crippen LogP contribution < -0.4 is 11.3 Å². The number of hydrazine groups is 1. The van der Waals surface area contributed by atoms with Gasteiger partial charge < -0.3 is 5.43 Å². The Morgan fingerprint density at radius 3 is 2.57 bits per heavy atom. The fraction of sp³-hybridized carbons (Fsp3) is 0.167. The lowest BCUT2D eigenvalue weighted by Gasteiger charge is -2.07. The monoisotopic (exact) mass is 184 g/mol. The Morgan fingerprint density at radius 1 is 1.00 bits per heavy atom. The summed E-state index contributed by atoms with van der Waals surface area (Å²) in [4.78, 5) is 0. The maximum absolute atomic E-state index is 5.49. The molecular weight excluding hydrogens is 172 g/mol. The highest BCUT2D eigenvalue weighted by atomic mass is 15.2. The van der Waals surface area contributed by atoms with Crippen molar-refractivity contribution >= 4 is 16.5 Å². The number of benzene rings is 2. The highest BCUT2D eigenvalue weighted by Crippen LogP contribution is 2.34. The summed E-state index contributed by atoms with van der Waals surface area (Å²) in [5, 5.41) is 2.66. The van der Waals surface area contributed by atoms with E-state index in [0.717, 1.165) is 5.69 Å². The van der Waals surface area contributed by atoms with Gasteiger partial charge in [0, 0.05) is 5.39 Å². The minimum Gasteiger partial charge on any atom is -0.324 e. The second kappa shape index (κ2) is 2.72. The summed E-state index contributed by atoms with van der Waals surface area (Å²) in [5.41, 5.74) is 6.68. The molecule has 2 aromatic rings. The van der Waals surface area contributed by atoms with Crippen LogP contribution in [-0.4, -0.2) is 0 Å². The smallest absolute Gasteiger partial charge is 0.0563 e. The van der Waals surface area contributed by atoms with Crippen molar-refractivity contribution in [2.45, 2.75) is 12.8 Å². The van der Waals surface area contributed by atoms with Crippen LogP contribution >= 0.6 is 0 Å². The average Bonchev–Trinajstić information content (AvgIpc) is 2.65. The van der Waals surface area contributed by atoms with E-state index in [1.54, 1.807) is 0 Å². The first-order valence-electron chi connectivity index (χ1n) is 4.90. The summed E-state index contributed by atoms with van der Waals surface area (Å²) in [7, 11) is 0. The van der Waals surface area contributed by atoms with Crippen LogP contribution in [0.2, 0.25) is 0 Å². The van der Waals surface area contributed by atoms with E-state index in [0.29, 0.717) is 0 Å². The zero-order chi connectivity index (χ0) is 9.54. The van der Waals surface area contributed by atoms with Gasteiger partial charge >= 0.3 is 0 Å². The third-order valence-electron chi connectivity index (χ3n) is 3.03. The van der Waals surface area contributed by atoms with Gasteiger partial charge in [0.25, 0.3) is 0 Å². The van der Waals surface area contributed by atoms with E-state index in [1.165, 1.54) is 34.7 Å². The normalized spacial score (nSPS) is 13.5. The zero-order valence-electron chi connectivity index (χ0n) is 7.88. The Morgan fingerprint density at radius 2 is 1.79 bits per heavy atom. The summed E-state index contributed by atoms with van der Waals surface area (Å²) < 4.78 is 0. The maximum atomic E-state index is 5.49. The minimum absolute atomic E-state index is 1.02. The topological polar surface area (TPSA) is 38.0 Å². The van der Waals surface area contributed by atoms with E-state index in [4.69, 9.17) is 5.84 Å². The van der Waals surface area contributed by atoms with Crippen LogP contribution in [0.4, 0.5) is 5.69 Å². The van der Waals surface area contributed by atoms with Crippen LogP contribution in [0.5, 0.6) is 0 Å². The van der Waals surface area contributed by atoms with Gasteiger partial charge in [-0.05, 0) is 35.4 Å². The quantitative estimate of drug-likeness (QED) is 0.527. The molecule has 0 spiro atoms. The first kappa shape index (κ1) is 7.83. The van der Waals surface area contributed by atoms with E-state index in [9.17, 15) is 0 Å². The second-order valence-corrected chi connectivity index (χ2v) is 3.76. The molecule has 0 aliphatic heterocycles. The lowest BCUT2D eigenvalue weighted by molar-refractivity contribution is 1.02. The molecule has 3 N–H and O–H groups in total. The molecule has 0 aromatic heterocycles. The lowest BCUT2D eigenvalue weighted by Crippen LogP contribution is -2.07. The Kier molecular flexibility index (Phi) is 1.52. The first-order chi connectivity index (χ1) is 6.90. The van der Waals surface area contributed by atoms with Gasteiger partial charge in [0.1, 0.15) is 0 Å². The Labute approximate surface area is 82.7 Å². The molecule has 1 aliphatic carbocycles. The van der Waals surface area contributed by atoms with Gasteiger partial charge in [-0.15, -0.1) is 0 Å². The number of anilines is 1. The number of hydrogen-bond acceptors (Lipinski definition) is 2. The number of rotatable bonds is 1. The molecule has 0 amide bonds. The van der Waals surface area contributed by atoms with Gasteiger partial charge in [-0.2, -0.15) is 0 Å². The summed E-state index contributed by atoms with van der Waals surface area (Å²) in [6.45, 7) is 0. The Hall–Kier alpha value is -1.54. The molecular formula is C12H12N2. The molecule has 0 bridgehead atoms. The van der Waals surface area contributed by atoms with E-state index in [1.807, 2.05) is 0 Å². The van der Waals surface area contributed by atoms with Crippen LogP contribution in [0.15, 0.2) is 30.3 Å². The summed E-state index contributed by atoms with van der Waals surface area (Å²) >= 11 is 0. The molecule has 0 saturated heterocycles. The highest BCUT2D eigenvalue weighted by molar-refractivity contribution is 5.99. The molecule has 2 nitrogen and oxygen atoms in total. The number of hydrogen-bond donors (Lipinski definition) is 2. The number of nitrogens with one attached hydrogen (secondary N) is 1. The molecule has 0 heterocycles. The van der Waals surface area contributed by atoms with Crippen molar-refractivity contribution < 1.29 is 0 Å². The minimum atomic E-state index is 1.02. The maximum Gasteiger partial charge on any atom is 0.0563 e. The van der Waals surface area contributed by atoms with Crippen LogP contribution in [-0.2, 0) is 12.8 Å². The van der Waals surface area contributed by atoms with Crippen molar-refractivity contribution in [3.63, 3.8) is 0 Å².